The summed E-state index contributed by atoms with van der Waals surface area (Å²) in [6, 6.07) is 5.56. The number of urea groups is 1. The molecule has 0 unspecified atom stereocenters. The number of amides is 4. The lowest BCUT2D eigenvalue weighted by Gasteiger charge is -2.23. The van der Waals surface area contributed by atoms with Gasteiger partial charge in [-0.3, -0.25) is 14.6 Å². The van der Waals surface area contributed by atoms with Gasteiger partial charge in [-0.25, -0.2) is 9.69 Å². The van der Waals surface area contributed by atoms with Crippen molar-refractivity contribution in [3.05, 3.63) is 53.9 Å². The highest BCUT2D eigenvalue weighted by molar-refractivity contribution is 6.24. The average molecular weight is 448 g/mol. The molecule has 8 nitrogen and oxygen atoms in total. The van der Waals surface area contributed by atoms with Crippen LogP contribution in [-0.2, 0) is 11.3 Å². The molecule has 2 aliphatic rings. The van der Waals surface area contributed by atoms with Crippen LogP contribution in [0.15, 0.2) is 42.7 Å². The summed E-state index contributed by atoms with van der Waals surface area (Å²) in [4.78, 5) is 46.6. The number of imide groups is 1. The second kappa shape index (κ2) is 7.50. The third kappa shape index (κ3) is 3.74. The monoisotopic (exact) mass is 448 g/mol. The van der Waals surface area contributed by atoms with Crippen molar-refractivity contribution in [2.75, 3.05) is 19.0 Å². The van der Waals surface area contributed by atoms with Crippen LogP contribution in [0.4, 0.5) is 23.7 Å². The van der Waals surface area contributed by atoms with Gasteiger partial charge in [0.05, 0.1) is 11.3 Å². The minimum atomic E-state index is -4.85. The highest BCUT2D eigenvalue weighted by Crippen LogP contribution is 2.50. The van der Waals surface area contributed by atoms with Crippen LogP contribution in [0.5, 0.6) is 5.75 Å². The summed E-state index contributed by atoms with van der Waals surface area (Å²) in [5, 5.41) is 0. The first-order valence-corrected chi connectivity index (χ1v) is 9.70. The standard InChI is InChI=1S/C21H19F3N4O4/c1-26(2)17(29)16-11-25-10-7-13(16)12-27-19(31)28(18(30)20(27)8-9-20)14-3-5-15(6-4-14)32-21(22,23)24/h3-7,10-11H,8-9,12H2,1-2H3. The van der Waals surface area contributed by atoms with Crippen molar-refractivity contribution in [1.29, 1.82) is 0 Å². The first kappa shape index (κ1) is 21.6. The van der Waals surface area contributed by atoms with Gasteiger partial charge in [0.15, 0.2) is 0 Å². The molecule has 2 heterocycles. The molecule has 1 spiro atoms. The molecule has 1 aromatic carbocycles. The number of benzene rings is 1. The van der Waals surface area contributed by atoms with Crippen molar-refractivity contribution in [2.24, 2.45) is 0 Å². The molecule has 0 N–H and O–H groups in total. The number of ether oxygens (including phenoxy) is 1. The van der Waals surface area contributed by atoms with E-state index >= 15 is 0 Å². The minimum Gasteiger partial charge on any atom is -0.406 e. The topological polar surface area (TPSA) is 83.1 Å². The first-order valence-electron chi connectivity index (χ1n) is 9.70. The maximum absolute atomic E-state index is 13.2. The molecule has 4 amide bonds. The maximum Gasteiger partial charge on any atom is 0.573 e. The van der Waals surface area contributed by atoms with Gasteiger partial charge in [-0.2, -0.15) is 0 Å². The summed E-state index contributed by atoms with van der Waals surface area (Å²) >= 11 is 0. The minimum absolute atomic E-state index is 0.0216. The fourth-order valence-corrected chi connectivity index (χ4v) is 3.72. The molecule has 0 bridgehead atoms. The summed E-state index contributed by atoms with van der Waals surface area (Å²) in [7, 11) is 3.19. The molecule has 32 heavy (non-hydrogen) atoms. The Morgan fingerprint density at radius 2 is 1.81 bits per heavy atom. The predicted octanol–water partition coefficient (Wildman–Crippen LogP) is 3.18. The lowest BCUT2D eigenvalue weighted by Crippen LogP contribution is -2.37. The fourth-order valence-electron chi connectivity index (χ4n) is 3.72. The second-order valence-corrected chi connectivity index (χ2v) is 7.81. The molecule has 2 aromatic rings. The van der Waals surface area contributed by atoms with E-state index in [4.69, 9.17) is 0 Å². The molecule has 168 valence electrons. The molecule has 1 aliphatic carbocycles. The molecular formula is C21H19F3N4O4. The number of hydrogen-bond donors (Lipinski definition) is 0. The molecule has 1 saturated carbocycles. The van der Waals surface area contributed by atoms with Crippen molar-refractivity contribution in [1.82, 2.24) is 14.8 Å². The van der Waals surface area contributed by atoms with Crippen molar-refractivity contribution in [3.8, 4) is 5.75 Å². The molecule has 0 atom stereocenters. The van der Waals surface area contributed by atoms with Gasteiger partial charge in [-0.05, 0) is 48.7 Å². The number of pyridine rings is 1. The molecule has 11 heteroatoms. The zero-order chi connectivity index (χ0) is 23.3. The number of carbonyl (C=O) groups is 3. The number of rotatable bonds is 5. The Labute approximate surface area is 181 Å². The number of hydrogen-bond acceptors (Lipinski definition) is 5. The number of aromatic nitrogens is 1. The van der Waals surface area contributed by atoms with E-state index in [1.54, 1.807) is 20.2 Å². The zero-order valence-electron chi connectivity index (χ0n) is 17.2. The molecule has 1 aliphatic heterocycles. The average Bonchev–Trinajstić information content (AvgIpc) is 3.50. The Bertz CT molecular complexity index is 1080. The van der Waals surface area contributed by atoms with Crippen LogP contribution < -0.4 is 9.64 Å². The Kier molecular flexibility index (Phi) is 5.06. The van der Waals surface area contributed by atoms with E-state index in [1.165, 1.54) is 34.3 Å². The largest absolute Gasteiger partial charge is 0.573 e. The van der Waals surface area contributed by atoms with E-state index in [9.17, 15) is 27.6 Å². The number of nitrogens with zero attached hydrogens (tertiary/aromatic N) is 4. The van der Waals surface area contributed by atoms with Crippen molar-refractivity contribution < 1.29 is 32.3 Å². The molecule has 1 saturated heterocycles. The third-order valence-electron chi connectivity index (χ3n) is 5.47. The van der Waals surface area contributed by atoms with Crippen LogP contribution >= 0.6 is 0 Å². The van der Waals surface area contributed by atoms with E-state index in [0.29, 0.717) is 24.0 Å². The smallest absolute Gasteiger partial charge is 0.406 e. The molecule has 1 aromatic heterocycles. The van der Waals surface area contributed by atoms with Crippen LogP contribution in [0, 0.1) is 0 Å². The molecule has 4 rings (SSSR count). The van der Waals surface area contributed by atoms with E-state index in [2.05, 4.69) is 9.72 Å². The van der Waals surface area contributed by atoms with Crippen molar-refractivity contribution in [3.63, 3.8) is 0 Å². The summed E-state index contributed by atoms with van der Waals surface area (Å²) < 4.78 is 41.0. The lowest BCUT2D eigenvalue weighted by molar-refractivity contribution is -0.274. The fraction of sp³-hybridized carbons (Fsp3) is 0.333. The lowest BCUT2D eigenvalue weighted by atomic mass is 10.1. The summed E-state index contributed by atoms with van der Waals surface area (Å²) in [5.41, 5.74) is -0.00917. The van der Waals surface area contributed by atoms with E-state index in [0.717, 1.165) is 17.0 Å². The van der Waals surface area contributed by atoms with Crippen LogP contribution in [0.1, 0.15) is 28.8 Å². The van der Waals surface area contributed by atoms with Gasteiger partial charge in [0.1, 0.15) is 11.3 Å². The van der Waals surface area contributed by atoms with Gasteiger partial charge in [0, 0.05) is 33.0 Å². The number of halogens is 3. The summed E-state index contributed by atoms with van der Waals surface area (Å²) in [6.07, 6.45) is -1.00. The van der Waals surface area contributed by atoms with Crippen LogP contribution in [0.2, 0.25) is 0 Å². The number of carbonyl (C=O) groups excluding carboxylic acids is 3. The number of alkyl halides is 3. The second-order valence-electron chi connectivity index (χ2n) is 7.81. The van der Waals surface area contributed by atoms with Gasteiger partial charge < -0.3 is 14.5 Å². The maximum atomic E-state index is 13.2. The normalized spacial score (nSPS) is 17.2. The Morgan fingerprint density at radius 1 is 1.16 bits per heavy atom. The molecule has 2 fully saturated rings. The van der Waals surface area contributed by atoms with E-state index < -0.39 is 29.6 Å². The highest BCUT2D eigenvalue weighted by atomic mass is 19.4. The Morgan fingerprint density at radius 3 is 2.38 bits per heavy atom. The third-order valence-corrected chi connectivity index (χ3v) is 5.47. The van der Waals surface area contributed by atoms with Crippen molar-refractivity contribution >= 4 is 23.5 Å². The quantitative estimate of drug-likeness (QED) is 0.657. The van der Waals surface area contributed by atoms with E-state index in [1.807, 2.05) is 0 Å². The Balaban J connectivity index is 1.62. The summed E-state index contributed by atoms with van der Waals surface area (Å²) in [6.45, 7) is 0.0216. The van der Waals surface area contributed by atoms with Crippen LogP contribution in [0.3, 0.4) is 0 Å². The zero-order valence-corrected chi connectivity index (χ0v) is 17.2. The van der Waals surface area contributed by atoms with Crippen molar-refractivity contribution in [2.45, 2.75) is 31.3 Å². The number of anilines is 1. The van der Waals surface area contributed by atoms with E-state index in [-0.39, 0.29) is 18.1 Å². The van der Waals surface area contributed by atoms with Gasteiger partial charge in [0.25, 0.3) is 11.8 Å². The van der Waals surface area contributed by atoms with Gasteiger partial charge in [-0.1, -0.05) is 0 Å². The first-order chi connectivity index (χ1) is 15.0. The van der Waals surface area contributed by atoms with Crippen LogP contribution in [-0.4, -0.2) is 58.6 Å². The molecule has 0 radical (unpaired) electrons. The highest BCUT2D eigenvalue weighted by Gasteiger charge is 2.65. The van der Waals surface area contributed by atoms with Gasteiger partial charge in [-0.15, -0.1) is 13.2 Å². The summed E-state index contributed by atoms with van der Waals surface area (Å²) in [5.74, 6) is -1.18. The van der Waals surface area contributed by atoms with Crippen LogP contribution in [0.25, 0.3) is 0 Å². The van der Waals surface area contributed by atoms with Gasteiger partial charge in [0.2, 0.25) is 0 Å². The van der Waals surface area contributed by atoms with Gasteiger partial charge >= 0.3 is 12.4 Å². The predicted molar refractivity (Wildman–Crippen MR) is 106 cm³/mol. The molecular weight excluding hydrogens is 429 g/mol. The Hall–Kier alpha value is -3.63. The SMILES string of the molecule is CN(C)C(=O)c1cnccc1CN1C(=O)N(c2ccc(OC(F)(F)F)cc2)C(=O)C12CC2.